The lowest BCUT2D eigenvalue weighted by molar-refractivity contribution is 1.16. The number of rotatable bonds is 2. The highest BCUT2D eigenvalue weighted by molar-refractivity contribution is 5.74. The number of fused-ring (bicyclic) bond motifs is 1. The fourth-order valence-electron chi connectivity index (χ4n) is 2.03. The van der Waals surface area contributed by atoms with Gasteiger partial charge in [0, 0.05) is 18.8 Å². The van der Waals surface area contributed by atoms with Gasteiger partial charge in [-0.1, -0.05) is 30.3 Å². The number of pyridine rings is 1. The second-order valence-electron chi connectivity index (χ2n) is 3.87. The number of anilines is 1. The summed E-state index contributed by atoms with van der Waals surface area (Å²) in [5, 5.41) is 3.17. The van der Waals surface area contributed by atoms with Gasteiger partial charge in [0.05, 0.1) is 17.4 Å². The van der Waals surface area contributed by atoms with Crippen molar-refractivity contribution >= 4 is 11.2 Å². The molecule has 0 atom stereocenters. The Morgan fingerprint density at radius 3 is 2.65 bits per heavy atom. The number of nitrogens with zero attached hydrogens (tertiary/aromatic N) is 2. The first-order valence-electron chi connectivity index (χ1n) is 5.59. The van der Waals surface area contributed by atoms with Crippen molar-refractivity contribution in [3.8, 4) is 11.4 Å². The smallest absolute Gasteiger partial charge is 0.144 e. The zero-order valence-electron chi connectivity index (χ0n) is 9.59. The van der Waals surface area contributed by atoms with E-state index in [2.05, 4.69) is 26.8 Å². The fraction of sp³-hybridized carbons (Fsp3) is 0.0714. The van der Waals surface area contributed by atoms with E-state index in [1.54, 1.807) is 0 Å². The average Bonchev–Trinajstić information content (AvgIpc) is 2.83. The molecular formula is C14H13N3. The van der Waals surface area contributed by atoms with Gasteiger partial charge in [0.15, 0.2) is 0 Å². The molecule has 84 valence electrons. The van der Waals surface area contributed by atoms with Gasteiger partial charge in [0.2, 0.25) is 0 Å². The van der Waals surface area contributed by atoms with Crippen LogP contribution in [0.1, 0.15) is 0 Å². The molecule has 0 aliphatic heterocycles. The highest BCUT2D eigenvalue weighted by atomic mass is 15.0. The van der Waals surface area contributed by atoms with Crippen LogP contribution in [0.25, 0.3) is 16.9 Å². The molecule has 3 rings (SSSR count). The topological polar surface area (TPSA) is 29.3 Å². The second-order valence-corrected chi connectivity index (χ2v) is 3.87. The van der Waals surface area contributed by atoms with E-state index < -0.39 is 0 Å². The SMILES string of the molecule is CNc1cccn2c(-c3ccccc3)ncc12. The van der Waals surface area contributed by atoms with Crippen molar-refractivity contribution in [3.63, 3.8) is 0 Å². The fourth-order valence-corrected chi connectivity index (χ4v) is 2.03. The number of hydrogen-bond acceptors (Lipinski definition) is 2. The van der Waals surface area contributed by atoms with Crippen LogP contribution in [-0.4, -0.2) is 16.4 Å². The predicted molar refractivity (Wildman–Crippen MR) is 70.2 cm³/mol. The van der Waals surface area contributed by atoms with E-state index in [1.807, 2.05) is 49.8 Å². The molecule has 0 aliphatic carbocycles. The highest BCUT2D eigenvalue weighted by Crippen LogP contribution is 2.23. The Balaban J connectivity index is 2.26. The summed E-state index contributed by atoms with van der Waals surface area (Å²) in [4.78, 5) is 4.50. The van der Waals surface area contributed by atoms with Crippen molar-refractivity contribution < 1.29 is 0 Å². The minimum absolute atomic E-state index is 0.970. The molecule has 3 aromatic rings. The maximum absolute atomic E-state index is 4.50. The number of aromatic nitrogens is 2. The summed E-state index contributed by atoms with van der Waals surface area (Å²) in [6.07, 6.45) is 3.93. The van der Waals surface area contributed by atoms with E-state index in [1.165, 1.54) is 0 Å². The summed E-state index contributed by atoms with van der Waals surface area (Å²) < 4.78 is 2.10. The molecule has 0 saturated heterocycles. The standard InChI is InChI=1S/C14H13N3/c1-15-12-8-5-9-17-13(12)10-16-14(17)11-6-3-2-4-7-11/h2-10,15H,1H3. The summed E-state index contributed by atoms with van der Waals surface area (Å²) in [5.41, 5.74) is 3.30. The molecule has 0 fully saturated rings. The van der Waals surface area contributed by atoms with Crippen molar-refractivity contribution in [2.75, 3.05) is 12.4 Å². The summed E-state index contributed by atoms with van der Waals surface area (Å²) in [6, 6.07) is 14.3. The minimum Gasteiger partial charge on any atom is -0.386 e. The Hall–Kier alpha value is -2.29. The van der Waals surface area contributed by atoms with Gasteiger partial charge in [-0.3, -0.25) is 4.40 Å². The second kappa shape index (κ2) is 3.94. The first-order valence-corrected chi connectivity index (χ1v) is 5.59. The molecule has 1 aromatic carbocycles. The largest absolute Gasteiger partial charge is 0.386 e. The van der Waals surface area contributed by atoms with Crippen molar-refractivity contribution in [1.29, 1.82) is 0 Å². The highest BCUT2D eigenvalue weighted by Gasteiger charge is 2.07. The van der Waals surface area contributed by atoms with Crippen molar-refractivity contribution in [2.24, 2.45) is 0 Å². The van der Waals surface area contributed by atoms with E-state index in [4.69, 9.17) is 0 Å². The number of hydrogen-bond donors (Lipinski definition) is 1. The lowest BCUT2D eigenvalue weighted by atomic mass is 10.2. The van der Waals surface area contributed by atoms with Gasteiger partial charge in [-0.2, -0.15) is 0 Å². The summed E-state index contributed by atoms with van der Waals surface area (Å²) in [5.74, 6) is 0.970. The van der Waals surface area contributed by atoms with Crippen LogP contribution in [0.5, 0.6) is 0 Å². The summed E-state index contributed by atoms with van der Waals surface area (Å²) in [6.45, 7) is 0. The predicted octanol–water partition coefficient (Wildman–Crippen LogP) is 3.04. The Bertz CT molecular complexity index is 641. The normalized spacial score (nSPS) is 10.6. The average molecular weight is 223 g/mol. The molecule has 3 heteroatoms. The van der Waals surface area contributed by atoms with E-state index in [0.29, 0.717) is 0 Å². The molecule has 1 N–H and O–H groups in total. The first-order chi connectivity index (χ1) is 8.40. The minimum atomic E-state index is 0.970. The van der Waals surface area contributed by atoms with Gasteiger partial charge in [-0.15, -0.1) is 0 Å². The quantitative estimate of drug-likeness (QED) is 0.723. The third-order valence-electron chi connectivity index (χ3n) is 2.87. The Morgan fingerprint density at radius 1 is 1.06 bits per heavy atom. The van der Waals surface area contributed by atoms with Crippen LogP contribution >= 0.6 is 0 Å². The molecule has 0 saturated carbocycles. The molecule has 0 aliphatic rings. The van der Waals surface area contributed by atoms with Crippen molar-refractivity contribution in [2.45, 2.75) is 0 Å². The van der Waals surface area contributed by atoms with Gasteiger partial charge < -0.3 is 5.32 Å². The summed E-state index contributed by atoms with van der Waals surface area (Å²) in [7, 11) is 1.92. The number of imidazole rings is 1. The third-order valence-corrected chi connectivity index (χ3v) is 2.87. The molecule has 0 spiro atoms. The Morgan fingerprint density at radius 2 is 1.88 bits per heavy atom. The Labute approximate surface area is 99.7 Å². The zero-order valence-corrected chi connectivity index (χ0v) is 9.59. The number of benzene rings is 1. The van der Waals surface area contributed by atoms with E-state index in [9.17, 15) is 0 Å². The lowest BCUT2D eigenvalue weighted by Gasteiger charge is -2.04. The third kappa shape index (κ3) is 1.56. The molecule has 2 aromatic heterocycles. The van der Waals surface area contributed by atoms with Gasteiger partial charge in [0.25, 0.3) is 0 Å². The van der Waals surface area contributed by atoms with Crippen molar-refractivity contribution in [3.05, 3.63) is 54.9 Å². The maximum atomic E-state index is 4.50. The molecule has 0 amide bonds. The van der Waals surface area contributed by atoms with Crippen LogP contribution in [0.2, 0.25) is 0 Å². The Kier molecular flexibility index (Phi) is 2.29. The molecule has 3 nitrogen and oxygen atoms in total. The molecule has 0 radical (unpaired) electrons. The van der Waals surface area contributed by atoms with Crippen LogP contribution in [0, 0.1) is 0 Å². The molecular weight excluding hydrogens is 210 g/mol. The lowest BCUT2D eigenvalue weighted by Crippen LogP contribution is -1.93. The van der Waals surface area contributed by atoms with E-state index in [-0.39, 0.29) is 0 Å². The number of nitrogens with one attached hydrogen (secondary N) is 1. The van der Waals surface area contributed by atoms with E-state index >= 15 is 0 Å². The van der Waals surface area contributed by atoms with Crippen LogP contribution < -0.4 is 5.32 Å². The van der Waals surface area contributed by atoms with E-state index in [0.717, 1.165) is 22.6 Å². The van der Waals surface area contributed by atoms with Gasteiger partial charge in [-0.05, 0) is 12.1 Å². The van der Waals surface area contributed by atoms with Crippen LogP contribution in [0.4, 0.5) is 5.69 Å². The molecule has 2 heterocycles. The molecule has 0 bridgehead atoms. The van der Waals surface area contributed by atoms with Crippen molar-refractivity contribution in [1.82, 2.24) is 9.38 Å². The monoisotopic (exact) mass is 223 g/mol. The van der Waals surface area contributed by atoms with Crippen LogP contribution in [0.3, 0.4) is 0 Å². The molecule has 17 heavy (non-hydrogen) atoms. The zero-order chi connectivity index (χ0) is 11.7. The van der Waals surface area contributed by atoms with Crippen LogP contribution in [0.15, 0.2) is 54.9 Å². The first kappa shape index (κ1) is 9.90. The maximum Gasteiger partial charge on any atom is 0.144 e. The van der Waals surface area contributed by atoms with Crippen LogP contribution in [-0.2, 0) is 0 Å². The van der Waals surface area contributed by atoms with Gasteiger partial charge in [0.1, 0.15) is 5.82 Å². The van der Waals surface area contributed by atoms with Gasteiger partial charge in [-0.25, -0.2) is 4.98 Å². The summed E-state index contributed by atoms with van der Waals surface area (Å²) >= 11 is 0. The van der Waals surface area contributed by atoms with Gasteiger partial charge >= 0.3 is 0 Å². The molecule has 0 unspecified atom stereocenters.